The number of nitrogens with one attached hydrogen (secondary N) is 1. The smallest absolute Gasteiger partial charge is 0.339 e. The lowest BCUT2D eigenvalue weighted by Gasteiger charge is -2.10. The van der Waals surface area contributed by atoms with Crippen LogP contribution in [-0.2, 0) is 9.84 Å². The molecule has 0 amide bonds. The highest BCUT2D eigenvalue weighted by atomic mass is 32.2. The number of hydrogen-bond acceptors (Lipinski definition) is 6. The van der Waals surface area contributed by atoms with Gasteiger partial charge in [-0.1, -0.05) is 0 Å². The fourth-order valence-electron chi connectivity index (χ4n) is 1.54. The maximum Gasteiger partial charge on any atom is 0.339 e. The van der Waals surface area contributed by atoms with E-state index < -0.39 is 15.8 Å². The average molecular weight is 287 g/mol. The van der Waals surface area contributed by atoms with Crippen LogP contribution in [0.5, 0.6) is 0 Å². The van der Waals surface area contributed by atoms with Crippen molar-refractivity contribution in [1.82, 2.24) is 10.2 Å². The second-order valence-electron chi connectivity index (χ2n) is 4.35. The van der Waals surface area contributed by atoms with Crippen LogP contribution in [0.4, 0.5) is 5.82 Å². The van der Waals surface area contributed by atoms with Crippen molar-refractivity contribution in [3.8, 4) is 0 Å². The summed E-state index contributed by atoms with van der Waals surface area (Å²) in [6.07, 6.45) is 1.54. The van der Waals surface area contributed by atoms with Gasteiger partial charge in [0.05, 0.1) is 11.4 Å². The fraction of sp³-hybridized carbons (Fsp3) is 0.545. The molecular formula is C11H17N3O4S. The van der Waals surface area contributed by atoms with Crippen LogP contribution in [0.1, 0.15) is 28.0 Å². The lowest BCUT2D eigenvalue weighted by molar-refractivity contribution is 0.0696. The summed E-state index contributed by atoms with van der Waals surface area (Å²) in [5.41, 5.74) is 1.18. The number of hydrogen-bond donors (Lipinski definition) is 2. The van der Waals surface area contributed by atoms with Gasteiger partial charge >= 0.3 is 5.97 Å². The Morgan fingerprint density at radius 2 is 1.95 bits per heavy atom. The molecule has 1 aromatic heterocycles. The first-order valence-corrected chi connectivity index (χ1v) is 7.77. The average Bonchev–Trinajstić information content (AvgIpc) is 2.27. The van der Waals surface area contributed by atoms with E-state index in [2.05, 4.69) is 15.5 Å². The number of carbonyl (C=O) groups is 1. The summed E-state index contributed by atoms with van der Waals surface area (Å²) in [5, 5.41) is 19.6. The van der Waals surface area contributed by atoms with Crippen LogP contribution in [0.15, 0.2) is 0 Å². The molecule has 0 radical (unpaired) electrons. The van der Waals surface area contributed by atoms with Gasteiger partial charge in [-0.2, -0.15) is 5.10 Å². The third-order valence-electron chi connectivity index (χ3n) is 2.65. The minimum absolute atomic E-state index is 0.0423. The van der Waals surface area contributed by atoms with Crippen molar-refractivity contribution in [2.75, 3.05) is 23.9 Å². The molecule has 2 N–H and O–H groups in total. The normalized spacial score (nSPS) is 11.3. The quantitative estimate of drug-likeness (QED) is 0.739. The zero-order chi connectivity index (χ0) is 14.6. The van der Waals surface area contributed by atoms with Gasteiger partial charge in [-0.15, -0.1) is 5.10 Å². The molecular weight excluding hydrogens is 270 g/mol. The van der Waals surface area contributed by atoms with Gasteiger partial charge in [0.15, 0.2) is 5.82 Å². The van der Waals surface area contributed by atoms with Crippen LogP contribution in [0.2, 0.25) is 0 Å². The van der Waals surface area contributed by atoms with Gasteiger partial charge in [-0.05, 0) is 25.8 Å². The summed E-state index contributed by atoms with van der Waals surface area (Å²) in [5.74, 6) is -0.870. The van der Waals surface area contributed by atoms with Crippen molar-refractivity contribution in [2.45, 2.75) is 20.3 Å². The lowest BCUT2D eigenvalue weighted by Crippen LogP contribution is -2.15. The number of nitrogens with zero attached hydrogens (tertiary/aromatic N) is 2. The Morgan fingerprint density at radius 3 is 2.47 bits per heavy atom. The molecule has 0 aromatic carbocycles. The Labute approximate surface area is 112 Å². The molecule has 0 aliphatic rings. The third-order valence-corrected chi connectivity index (χ3v) is 3.68. The molecule has 8 heteroatoms. The molecule has 106 valence electrons. The minimum Gasteiger partial charge on any atom is -0.478 e. The Morgan fingerprint density at radius 1 is 1.32 bits per heavy atom. The molecule has 0 unspecified atom stereocenters. The summed E-state index contributed by atoms with van der Waals surface area (Å²) in [6.45, 7) is 3.67. The summed E-state index contributed by atoms with van der Waals surface area (Å²) >= 11 is 0. The van der Waals surface area contributed by atoms with Gasteiger partial charge in [0.2, 0.25) is 0 Å². The van der Waals surface area contributed by atoms with E-state index >= 15 is 0 Å². The van der Waals surface area contributed by atoms with Gasteiger partial charge in [0.1, 0.15) is 15.4 Å². The van der Waals surface area contributed by atoms with Gasteiger partial charge in [-0.25, -0.2) is 13.2 Å². The van der Waals surface area contributed by atoms with Crippen LogP contribution in [0, 0.1) is 13.8 Å². The monoisotopic (exact) mass is 287 g/mol. The molecule has 1 heterocycles. The van der Waals surface area contributed by atoms with Gasteiger partial charge < -0.3 is 10.4 Å². The van der Waals surface area contributed by atoms with Crippen molar-refractivity contribution < 1.29 is 18.3 Å². The summed E-state index contributed by atoms with van der Waals surface area (Å²) < 4.78 is 21.9. The molecule has 1 rings (SSSR count). The van der Waals surface area contributed by atoms with E-state index in [1.54, 1.807) is 13.8 Å². The Balaban J connectivity index is 2.79. The zero-order valence-corrected chi connectivity index (χ0v) is 11.9. The van der Waals surface area contributed by atoms with Crippen LogP contribution in [0.3, 0.4) is 0 Å². The van der Waals surface area contributed by atoms with Crippen molar-refractivity contribution in [3.05, 3.63) is 16.8 Å². The van der Waals surface area contributed by atoms with E-state index in [1.807, 2.05) is 0 Å². The molecule has 0 saturated carbocycles. The number of aromatic nitrogens is 2. The zero-order valence-electron chi connectivity index (χ0n) is 11.1. The van der Waals surface area contributed by atoms with Gasteiger partial charge in [0, 0.05) is 12.8 Å². The predicted molar refractivity (Wildman–Crippen MR) is 71.3 cm³/mol. The number of rotatable bonds is 6. The molecule has 19 heavy (non-hydrogen) atoms. The maximum atomic E-state index is 11.2. The second kappa shape index (κ2) is 5.96. The van der Waals surface area contributed by atoms with E-state index in [4.69, 9.17) is 5.11 Å². The summed E-state index contributed by atoms with van der Waals surface area (Å²) in [6, 6.07) is 0. The Hall–Kier alpha value is -1.70. The Kier molecular flexibility index (Phi) is 4.82. The van der Waals surface area contributed by atoms with Crippen molar-refractivity contribution in [1.29, 1.82) is 0 Å². The molecule has 0 fully saturated rings. The van der Waals surface area contributed by atoms with E-state index in [-0.39, 0.29) is 17.1 Å². The SMILES string of the molecule is Cc1nnc(NCCCS(C)(=O)=O)c(C(=O)O)c1C. The Bertz CT molecular complexity index is 584. The van der Waals surface area contributed by atoms with Gasteiger partial charge in [0.25, 0.3) is 0 Å². The van der Waals surface area contributed by atoms with Crippen molar-refractivity contribution >= 4 is 21.6 Å². The van der Waals surface area contributed by atoms with E-state index in [1.165, 1.54) is 0 Å². The number of aryl methyl sites for hydroxylation is 1. The molecule has 0 aliphatic heterocycles. The first-order valence-electron chi connectivity index (χ1n) is 5.71. The number of sulfone groups is 1. The molecule has 0 spiro atoms. The highest BCUT2D eigenvalue weighted by Gasteiger charge is 2.17. The molecule has 0 bridgehead atoms. The number of anilines is 1. The lowest BCUT2D eigenvalue weighted by atomic mass is 10.1. The number of carboxylic acids is 1. The molecule has 0 atom stereocenters. The van der Waals surface area contributed by atoms with Gasteiger partial charge in [-0.3, -0.25) is 0 Å². The van der Waals surface area contributed by atoms with E-state index in [0.717, 1.165) is 6.26 Å². The first kappa shape index (κ1) is 15.4. The van der Waals surface area contributed by atoms with Crippen LogP contribution in [0.25, 0.3) is 0 Å². The van der Waals surface area contributed by atoms with Crippen molar-refractivity contribution in [2.24, 2.45) is 0 Å². The number of carboxylic acid groups (broad SMARTS) is 1. The van der Waals surface area contributed by atoms with Crippen LogP contribution >= 0.6 is 0 Å². The fourth-order valence-corrected chi connectivity index (χ4v) is 2.20. The predicted octanol–water partition coefficient (Wildman–Crippen LogP) is 0.638. The minimum atomic E-state index is -3.01. The van der Waals surface area contributed by atoms with Crippen molar-refractivity contribution in [3.63, 3.8) is 0 Å². The third kappa shape index (κ3) is 4.47. The van der Waals surface area contributed by atoms with E-state index in [0.29, 0.717) is 24.2 Å². The highest BCUT2D eigenvalue weighted by Crippen LogP contribution is 2.18. The molecule has 1 aromatic rings. The van der Waals surface area contributed by atoms with Crippen LogP contribution < -0.4 is 5.32 Å². The summed E-state index contributed by atoms with van der Waals surface area (Å²) in [4.78, 5) is 11.2. The van der Waals surface area contributed by atoms with E-state index in [9.17, 15) is 13.2 Å². The highest BCUT2D eigenvalue weighted by molar-refractivity contribution is 7.90. The number of aromatic carboxylic acids is 1. The second-order valence-corrected chi connectivity index (χ2v) is 6.61. The molecule has 0 aliphatic carbocycles. The maximum absolute atomic E-state index is 11.2. The standard InChI is InChI=1S/C11H17N3O4S/c1-7-8(2)13-14-10(9(7)11(15)16)12-5-4-6-19(3,17)18/h4-6H2,1-3H3,(H,12,14)(H,15,16). The molecule has 7 nitrogen and oxygen atoms in total. The summed E-state index contributed by atoms with van der Waals surface area (Å²) in [7, 11) is -3.01. The largest absolute Gasteiger partial charge is 0.478 e. The topological polar surface area (TPSA) is 109 Å². The molecule has 0 saturated heterocycles. The van der Waals surface area contributed by atoms with Crippen LogP contribution in [-0.4, -0.2) is 48.2 Å². The first-order chi connectivity index (χ1) is 8.72.